The molecule has 2 rings (SSSR count). The standard InChI is InChI=1S/C14H20N2O/c1-12(17)6-5-9-16-11-10-15(2)13-7-3-4-8-14(13)16/h3-4,7-8H,5-6,9-11H2,1-2H3. The van der Waals surface area contributed by atoms with Gasteiger partial charge in [0.1, 0.15) is 5.78 Å². The fraction of sp³-hybridized carbons (Fsp3) is 0.500. The van der Waals surface area contributed by atoms with E-state index in [0.717, 1.165) is 26.1 Å². The molecule has 0 atom stereocenters. The third-order valence-electron chi connectivity index (χ3n) is 3.30. The highest BCUT2D eigenvalue weighted by Gasteiger charge is 2.18. The van der Waals surface area contributed by atoms with Crippen molar-refractivity contribution in [1.29, 1.82) is 0 Å². The molecule has 0 amide bonds. The normalized spacial score (nSPS) is 14.7. The number of nitrogens with zero attached hydrogens (tertiary/aromatic N) is 2. The van der Waals surface area contributed by atoms with Crippen LogP contribution in [0.25, 0.3) is 0 Å². The van der Waals surface area contributed by atoms with Crippen LogP contribution < -0.4 is 9.80 Å². The number of carbonyl (C=O) groups excluding carboxylic acids is 1. The van der Waals surface area contributed by atoms with Gasteiger partial charge in [-0.25, -0.2) is 0 Å². The van der Waals surface area contributed by atoms with Gasteiger partial charge in [-0.1, -0.05) is 12.1 Å². The third kappa shape index (κ3) is 2.78. The Morgan fingerprint density at radius 3 is 2.65 bits per heavy atom. The van der Waals surface area contributed by atoms with Gasteiger partial charge in [0, 0.05) is 33.1 Å². The van der Waals surface area contributed by atoms with Gasteiger partial charge in [-0.3, -0.25) is 0 Å². The van der Waals surface area contributed by atoms with Crippen LogP contribution in [0.2, 0.25) is 0 Å². The molecule has 92 valence electrons. The molecule has 1 aromatic rings. The van der Waals surface area contributed by atoms with E-state index in [-0.39, 0.29) is 5.78 Å². The second-order valence-corrected chi connectivity index (χ2v) is 4.70. The molecular weight excluding hydrogens is 212 g/mol. The highest BCUT2D eigenvalue weighted by Crippen LogP contribution is 2.31. The van der Waals surface area contributed by atoms with Crippen molar-refractivity contribution < 1.29 is 4.79 Å². The maximum absolute atomic E-state index is 11.0. The monoisotopic (exact) mass is 232 g/mol. The van der Waals surface area contributed by atoms with E-state index < -0.39 is 0 Å². The molecule has 3 heteroatoms. The largest absolute Gasteiger partial charge is 0.371 e. The summed E-state index contributed by atoms with van der Waals surface area (Å²) in [7, 11) is 2.13. The highest BCUT2D eigenvalue weighted by molar-refractivity contribution is 5.76. The summed E-state index contributed by atoms with van der Waals surface area (Å²) in [5.74, 6) is 0.285. The van der Waals surface area contributed by atoms with Crippen molar-refractivity contribution in [2.75, 3.05) is 36.5 Å². The van der Waals surface area contributed by atoms with Crippen LogP contribution >= 0.6 is 0 Å². The third-order valence-corrected chi connectivity index (χ3v) is 3.30. The van der Waals surface area contributed by atoms with Gasteiger partial charge < -0.3 is 14.6 Å². The van der Waals surface area contributed by atoms with Crippen molar-refractivity contribution in [2.24, 2.45) is 0 Å². The first kappa shape index (κ1) is 12.0. The van der Waals surface area contributed by atoms with Crippen molar-refractivity contribution in [3.05, 3.63) is 24.3 Å². The number of para-hydroxylation sites is 2. The topological polar surface area (TPSA) is 23.6 Å². The first-order valence-corrected chi connectivity index (χ1v) is 6.23. The predicted octanol–water partition coefficient (Wildman–Crippen LogP) is 2.31. The molecule has 1 aliphatic heterocycles. The van der Waals surface area contributed by atoms with Crippen LogP contribution in [0.3, 0.4) is 0 Å². The first-order valence-electron chi connectivity index (χ1n) is 6.23. The minimum atomic E-state index is 0.285. The zero-order chi connectivity index (χ0) is 12.3. The van der Waals surface area contributed by atoms with E-state index in [2.05, 4.69) is 41.1 Å². The van der Waals surface area contributed by atoms with Gasteiger partial charge >= 0.3 is 0 Å². The van der Waals surface area contributed by atoms with Gasteiger partial charge in [0.25, 0.3) is 0 Å². The second-order valence-electron chi connectivity index (χ2n) is 4.70. The lowest BCUT2D eigenvalue weighted by atomic mass is 10.1. The van der Waals surface area contributed by atoms with Gasteiger partial charge in [0.15, 0.2) is 0 Å². The molecule has 17 heavy (non-hydrogen) atoms. The summed E-state index contributed by atoms with van der Waals surface area (Å²) in [6.07, 6.45) is 1.64. The fourth-order valence-corrected chi connectivity index (χ4v) is 2.32. The number of carbonyl (C=O) groups is 1. The Kier molecular flexibility index (Phi) is 3.67. The SMILES string of the molecule is CC(=O)CCCN1CCN(C)c2ccccc21. The van der Waals surface area contributed by atoms with E-state index >= 15 is 0 Å². The quantitative estimate of drug-likeness (QED) is 0.796. The van der Waals surface area contributed by atoms with Gasteiger partial charge in [-0.15, -0.1) is 0 Å². The minimum Gasteiger partial charge on any atom is -0.371 e. The van der Waals surface area contributed by atoms with E-state index in [1.807, 2.05) is 0 Å². The number of rotatable bonds is 4. The summed E-state index contributed by atoms with van der Waals surface area (Å²) in [5.41, 5.74) is 2.59. The number of ketones is 1. The lowest BCUT2D eigenvalue weighted by Crippen LogP contribution is -2.39. The molecule has 0 aromatic heterocycles. The molecular formula is C14H20N2O. The zero-order valence-electron chi connectivity index (χ0n) is 10.6. The van der Waals surface area contributed by atoms with Gasteiger partial charge in [-0.05, 0) is 25.5 Å². The Labute approximate surface area is 103 Å². The van der Waals surface area contributed by atoms with Crippen molar-refractivity contribution in [3.63, 3.8) is 0 Å². The maximum atomic E-state index is 11.0. The van der Waals surface area contributed by atoms with E-state index in [0.29, 0.717) is 6.42 Å². The summed E-state index contributed by atoms with van der Waals surface area (Å²) in [4.78, 5) is 15.6. The Morgan fingerprint density at radius 1 is 1.24 bits per heavy atom. The van der Waals surface area contributed by atoms with Crippen LogP contribution in [0.15, 0.2) is 24.3 Å². The minimum absolute atomic E-state index is 0.285. The molecule has 0 fully saturated rings. The maximum Gasteiger partial charge on any atom is 0.129 e. The van der Waals surface area contributed by atoms with Crippen LogP contribution in [0, 0.1) is 0 Å². The molecule has 0 aliphatic carbocycles. The summed E-state index contributed by atoms with van der Waals surface area (Å²) < 4.78 is 0. The number of anilines is 2. The van der Waals surface area contributed by atoms with E-state index in [1.54, 1.807) is 6.92 Å². The molecule has 0 radical (unpaired) electrons. The molecule has 0 saturated carbocycles. The number of benzene rings is 1. The summed E-state index contributed by atoms with van der Waals surface area (Å²) in [5, 5.41) is 0. The molecule has 1 heterocycles. The van der Waals surface area contributed by atoms with Crippen LogP contribution in [-0.4, -0.2) is 32.5 Å². The average molecular weight is 232 g/mol. The number of hydrogen-bond acceptors (Lipinski definition) is 3. The Morgan fingerprint density at radius 2 is 1.94 bits per heavy atom. The lowest BCUT2D eigenvalue weighted by Gasteiger charge is -2.37. The Hall–Kier alpha value is -1.51. The molecule has 0 saturated heterocycles. The number of Topliss-reactive ketones (excluding diaryl/α,β-unsaturated/α-hetero) is 1. The van der Waals surface area contributed by atoms with Gasteiger partial charge in [0.05, 0.1) is 11.4 Å². The number of likely N-dealkylation sites (N-methyl/N-ethyl adjacent to an activating group) is 1. The van der Waals surface area contributed by atoms with E-state index in [4.69, 9.17) is 0 Å². The average Bonchev–Trinajstić information content (AvgIpc) is 2.32. The Balaban J connectivity index is 2.05. The molecule has 0 spiro atoms. The van der Waals surface area contributed by atoms with Crippen molar-refractivity contribution in [3.8, 4) is 0 Å². The zero-order valence-corrected chi connectivity index (χ0v) is 10.6. The second kappa shape index (κ2) is 5.21. The number of fused-ring (bicyclic) bond motifs is 1. The van der Waals surface area contributed by atoms with Crippen LogP contribution in [0.1, 0.15) is 19.8 Å². The molecule has 1 aromatic carbocycles. The van der Waals surface area contributed by atoms with Crippen molar-refractivity contribution in [2.45, 2.75) is 19.8 Å². The highest BCUT2D eigenvalue weighted by atomic mass is 16.1. The smallest absolute Gasteiger partial charge is 0.129 e. The van der Waals surface area contributed by atoms with Crippen LogP contribution in [0.5, 0.6) is 0 Å². The van der Waals surface area contributed by atoms with Crippen molar-refractivity contribution >= 4 is 17.2 Å². The molecule has 0 N–H and O–H groups in total. The van der Waals surface area contributed by atoms with Crippen LogP contribution in [-0.2, 0) is 4.79 Å². The predicted molar refractivity (Wildman–Crippen MR) is 71.8 cm³/mol. The van der Waals surface area contributed by atoms with E-state index in [1.165, 1.54) is 11.4 Å². The molecule has 0 unspecified atom stereocenters. The van der Waals surface area contributed by atoms with E-state index in [9.17, 15) is 4.79 Å². The van der Waals surface area contributed by atoms with Gasteiger partial charge in [0.2, 0.25) is 0 Å². The molecule has 1 aliphatic rings. The molecule has 3 nitrogen and oxygen atoms in total. The fourth-order valence-electron chi connectivity index (χ4n) is 2.32. The van der Waals surface area contributed by atoms with Gasteiger partial charge in [-0.2, -0.15) is 0 Å². The van der Waals surface area contributed by atoms with Crippen molar-refractivity contribution in [1.82, 2.24) is 0 Å². The summed E-state index contributed by atoms with van der Waals surface area (Å²) in [6, 6.07) is 8.48. The summed E-state index contributed by atoms with van der Waals surface area (Å²) in [6.45, 7) is 4.74. The lowest BCUT2D eigenvalue weighted by molar-refractivity contribution is -0.117. The summed E-state index contributed by atoms with van der Waals surface area (Å²) >= 11 is 0. The van der Waals surface area contributed by atoms with Crippen LogP contribution in [0.4, 0.5) is 11.4 Å². The number of hydrogen-bond donors (Lipinski definition) is 0. The first-order chi connectivity index (χ1) is 8.18. The Bertz CT molecular complexity index is 403. The molecule has 0 bridgehead atoms.